The number of hydrogen-bond donors (Lipinski definition) is 1. The third-order valence-electron chi connectivity index (χ3n) is 2.84. The Morgan fingerprint density at radius 2 is 2.10 bits per heavy atom. The summed E-state index contributed by atoms with van der Waals surface area (Å²) in [5.41, 5.74) is 0.443. The molecule has 1 unspecified atom stereocenters. The number of sulfonamides is 1. The maximum absolute atomic E-state index is 13.8. The lowest BCUT2D eigenvalue weighted by molar-refractivity contribution is 0.136. The van der Waals surface area contributed by atoms with Crippen LogP contribution in [0.2, 0.25) is 0 Å². The average Bonchev–Trinajstić information content (AvgIpc) is 2.85. The molecule has 8 heteroatoms. The first-order valence-corrected chi connectivity index (χ1v) is 7.80. The summed E-state index contributed by atoms with van der Waals surface area (Å²) in [5, 5.41) is 3.58. The molecule has 0 saturated carbocycles. The van der Waals surface area contributed by atoms with E-state index in [4.69, 9.17) is 9.26 Å². The fourth-order valence-corrected chi connectivity index (χ4v) is 3.03. The summed E-state index contributed by atoms with van der Waals surface area (Å²) >= 11 is 0. The minimum Gasteiger partial charge on any atom is -0.381 e. The van der Waals surface area contributed by atoms with Gasteiger partial charge in [-0.15, -0.1) is 0 Å². The van der Waals surface area contributed by atoms with Crippen molar-refractivity contribution in [2.45, 2.75) is 13.0 Å². The van der Waals surface area contributed by atoms with Gasteiger partial charge < -0.3 is 9.26 Å². The molecule has 21 heavy (non-hydrogen) atoms. The first kappa shape index (κ1) is 15.5. The molecule has 1 aromatic heterocycles. The van der Waals surface area contributed by atoms with Gasteiger partial charge in [-0.1, -0.05) is 23.4 Å². The molecule has 0 aliphatic heterocycles. The van der Waals surface area contributed by atoms with Crippen LogP contribution in [0.25, 0.3) is 11.1 Å². The van der Waals surface area contributed by atoms with E-state index < -0.39 is 21.9 Å². The first-order chi connectivity index (χ1) is 9.93. The number of nitrogens with zero attached hydrogens (tertiary/aromatic N) is 1. The Hall–Kier alpha value is -1.93. The topological polar surface area (TPSA) is 81.4 Å². The minimum absolute atomic E-state index is 0.0524. The van der Waals surface area contributed by atoms with E-state index in [1.807, 2.05) is 0 Å². The molecule has 0 radical (unpaired) electrons. The molecule has 0 spiro atoms. The summed E-state index contributed by atoms with van der Waals surface area (Å²) in [4.78, 5) is 0. The van der Waals surface area contributed by atoms with Crippen molar-refractivity contribution in [3.8, 4) is 11.1 Å². The Morgan fingerprint density at radius 3 is 2.76 bits per heavy atom. The van der Waals surface area contributed by atoms with Gasteiger partial charge in [0.1, 0.15) is 12.1 Å². The van der Waals surface area contributed by atoms with Crippen LogP contribution < -0.4 is 4.72 Å². The SMILES string of the molecule is COC(C)CS(=O)(=O)Nc1nocc1-c1ccccc1F. The number of methoxy groups -OCH3 is 1. The van der Waals surface area contributed by atoms with E-state index in [-0.39, 0.29) is 22.7 Å². The van der Waals surface area contributed by atoms with Gasteiger partial charge in [-0.25, -0.2) is 12.8 Å². The van der Waals surface area contributed by atoms with Crippen molar-refractivity contribution in [2.75, 3.05) is 17.6 Å². The van der Waals surface area contributed by atoms with Gasteiger partial charge in [0.25, 0.3) is 0 Å². The Morgan fingerprint density at radius 1 is 1.38 bits per heavy atom. The highest BCUT2D eigenvalue weighted by Gasteiger charge is 2.21. The third kappa shape index (κ3) is 3.79. The van der Waals surface area contributed by atoms with Crippen LogP contribution in [-0.4, -0.2) is 32.5 Å². The molecule has 1 aromatic carbocycles. The van der Waals surface area contributed by atoms with Crippen LogP contribution in [0.5, 0.6) is 0 Å². The number of ether oxygens (including phenoxy) is 1. The smallest absolute Gasteiger partial charge is 0.236 e. The van der Waals surface area contributed by atoms with Gasteiger partial charge in [-0.05, 0) is 13.0 Å². The van der Waals surface area contributed by atoms with Crippen LogP contribution in [-0.2, 0) is 14.8 Å². The van der Waals surface area contributed by atoms with E-state index in [2.05, 4.69) is 9.88 Å². The van der Waals surface area contributed by atoms with Crippen molar-refractivity contribution >= 4 is 15.8 Å². The lowest BCUT2D eigenvalue weighted by atomic mass is 10.1. The summed E-state index contributed by atoms with van der Waals surface area (Å²) < 4.78 is 49.7. The summed E-state index contributed by atoms with van der Waals surface area (Å²) in [6, 6.07) is 5.96. The second kappa shape index (κ2) is 6.23. The van der Waals surface area contributed by atoms with Crippen molar-refractivity contribution in [3.05, 3.63) is 36.3 Å². The number of benzene rings is 1. The van der Waals surface area contributed by atoms with Gasteiger partial charge in [-0.3, -0.25) is 4.72 Å². The molecule has 2 rings (SSSR count). The fraction of sp³-hybridized carbons (Fsp3) is 0.308. The van der Waals surface area contributed by atoms with E-state index in [0.29, 0.717) is 0 Å². The third-order valence-corrected chi connectivity index (χ3v) is 4.25. The van der Waals surface area contributed by atoms with Crippen LogP contribution in [0.4, 0.5) is 10.2 Å². The molecule has 114 valence electrons. The van der Waals surface area contributed by atoms with Gasteiger partial charge in [-0.2, -0.15) is 0 Å². The molecule has 2 aromatic rings. The number of rotatable bonds is 6. The number of anilines is 1. The normalized spacial score (nSPS) is 13.1. The molecule has 1 N–H and O–H groups in total. The molecular formula is C13H15FN2O4S. The second-order valence-electron chi connectivity index (χ2n) is 4.49. The van der Waals surface area contributed by atoms with E-state index in [9.17, 15) is 12.8 Å². The summed E-state index contributed by atoms with van der Waals surface area (Å²) in [7, 11) is -2.26. The summed E-state index contributed by atoms with van der Waals surface area (Å²) in [5.74, 6) is -0.789. The van der Waals surface area contributed by atoms with Crippen molar-refractivity contribution < 1.29 is 22.1 Å². The van der Waals surface area contributed by atoms with Crippen LogP contribution in [0.1, 0.15) is 6.92 Å². The Kier molecular flexibility index (Phi) is 4.59. The van der Waals surface area contributed by atoms with Gasteiger partial charge >= 0.3 is 0 Å². The molecule has 1 heterocycles. The average molecular weight is 314 g/mol. The standard InChI is InChI=1S/C13H15FN2O4S/c1-9(19-2)8-21(17,18)16-13-11(7-20-15-13)10-5-3-4-6-12(10)14/h3-7,9H,8H2,1-2H3,(H,15,16). The molecule has 0 amide bonds. The van der Waals surface area contributed by atoms with E-state index in [1.54, 1.807) is 13.0 Å². The van der Waals surface area contributed by atoms with Crippen molar-refractivity contribution in [2.24, 2.45) is 0 Å². The van der Waals surface area contributed by atoms with Crippen LogP contribution in [0, 0.1) is 5.82 Å². The van der Waals surface area contributed by atoms with E-state index in [0.717, 1.165) is 0 Å². The van der Waals surface area contributed by atoms with E-state index in [1.165, 1.54) is 31.6 Å². The number of hydrogen-bond acceptors (Lipinski definition) is 5. The lowest BCUT2D eigenvalue weighted by Crippen LogP contribution is -2.25. The van der Waals surface area contributed by atoms with Crippen LogP contribution in [0.3, 0.4) is 0 Å². The fourth-order valence-electron chi connectivity index (χ4n) is 1.75. The van der Waals surface area contributed by atoms with Crippen LogP contribution in [0.15, 0.2) is 35.1 Å². The second-order valence-corrected chi connectivity index (χ2v) is 6.25. The van der Waals surface area contributed by atoms with Gasteiger partial charge in [0.15, 0.2) is 5.82 Å². The zero-order valence-corrected chi connectivity index (χ0v) is 12.4. The minimum atomic E-state index is -3.68. The molecule has 6 nitrogen and oxygen atoms in total. The largest absolute Gasteiger partial charge is 0.381 e. The molecular weight excluding hydrogens is 299 g/mol. The quantitative estimate of drug-likeness (QED) is 0.884. The van der Waals surface area contributed by atoms with Crippen LogP contribution >= 0.6 is 0 Å². The lowest BCUT2D eigenvalue weighted by Gasteiger charge is -2.11. The van der Waals surface area contributed by atoms with Crippen molar-refractivity contribution in [1.82, 2.24) is 5.16 Å². The zero-order valence-electron chi connectivity index (χ0n) is 11.5. The summed E-state index contributed by atoms with van der Waals surface area (Å²) in [6.07, 6.45) is 0.710. The predicted molar refractivity (Wildman–Crippen MR) is 75.8 cm³/mol. The molecule has 0 bridgehead atoms. The number of aromatic nitrogens is 1. The Bertz CT molecular complexity index is 714. The Labute approximate surface area is 122 Å². The monoisotopic (exact) mass is 314 g/mol. The molecule has 0 aliphatic carbocycles. The highest BCUT2D eigenvalue weighted by molar-refractivity contribution is 7.92. The highest BCUT2D eigenvalue weighted by atomic mass is 32.2. The number of nitrogens with one attached hydrogen (secondary N) is 1. The highest BCUT2D eigenvalue weighted by Crippen LogP contribution is 2.29. The van der Waals surface area contributed by atoms with Crippen molar-refractivity contribution in [3.63, 3.8) is 0 Å². The van der Waals surface area contributed by atoms with Gasteiger partial charge in [0, 0.05) is 12.7 Å². The maximum atomic E-state index is 13.8. The van der Waals surface area contributed by atoms with Gasteiger partial charge in [0.2, 0.25) is 10.0 Å². The molecule has 0 fully saturated rings. The molecule has 1 atom stereocenters. The van der Waals surface area contributed by atoms with Crippen molar-refractivity contribution in [1.29, 1.82) is 0 Å². The Balaban J connectivity index is 2.28. The molecule has 0 aliphatic rings. The summed E-state index contributed by atoms with van der Waals surface area (Å²) in [6.45, 7) is 1.62. The zero-order chi connectivity index (χ0) is 15.5. The predicted octanol–water partition coefficient (Wildman–Crippen LogP) is 2.26. The molecule has 0 saturated heterocycles. The maximum Gasteiger partial charge on any atom is 0.236 e. The number of halogens is 1. The van der Waals surface area contributed by atoms with E-state index >= 15 is 0 Å². The van der Waals surface area contributed by atoms with Gasteiger partial charge in [0.05, 0.1) is 17.4 Å². The first-order valence-electron chi connectivity index (χ1n) is 6.15.